The van der Waals surface area contributed by atoms with Crippen molar-refractivity contribution in [2.45, 2.75) is 5.54 Å². The zero-order valence-corrected chi connectivity index (χ0v) is 10.9. The SMILES string of the molecule is NC1=CC(N)(c2nccc(-c3ccccc3)n2)CN=C1. The lowest BCUT2D eigenvalue weighted by Gasteiger charge is -2.25. The van der Waals surface area contributed by atoms with E-state index in [0.717, 1.165) is 11.3 Å². The first-order valence-electron chi connectivity index (χ1n) is 6.33. The van der Waals surface area contributed by atoms with E-state index in [1.54, 1.807) is 18.5 Å². The van der Waals surface area contributed by atoms with E-state index in [0.29, 0.717) is 18.1 Å². The number of aliphatic imine (C=N–C) groups is 1. The van der Waals surface area contributed by atoms with Crippen LogP contribution < -0.4 is 11.5 Å². The van der Waals surface area contributed by atoms with Crippen LogP contribution in [0.2, 0.25) is 0 Å². The number of hydrogen-bond acceptors (Lipinski definition) is 5. The molecule has 0 bridgehead atoms. The standard InChI is InChI=1S/C15H15N5/c16-12-8-15(17,10-18-9-12)14-19-7-6-13(20-14)11-4-2-1-3-5-11/h1-9H,10,16-17H2. The molecular formula is C15H15N5. The molecule has 2 aromatic rings. The van der Waals surface area contributed by atoms with Crippen molar-refractivity contribution in [3.8, 4) is 11.3 Å². The molecule has 0 amide bonds. The smallest absolute Gasteiger partial charge is 0.154 e. The molecule has 3 rings (SSSR count). The van der Waals surface area contributed by atoms with Gasteiger partial charge in [0.25, 0.3) is 0 Å². The van der Waals surface area contributed by atoms with Crippen molar-refractivity contribution in [2.24, 2.45) is 16.5 Å². The molecule has 1 aliphatic rings. The molecule has 0 saturated carbocycles. The van der Waals surface area contributed by atoms with Gasteiger partial charge in [-0.2, -0.15) is 0 Å². The lowest BCUT2D eigenvalue weighted by Crippen LogP contribution is -2.42. The molecule has 0 saturated heterocycles. The summed E-state index contributed by atoms with van der Waals surface area (Å²) in [5, 5.41) is 0. The van der Waals surface area contributed by atoms with Gasteiger partial charge in [-0.15, -0.1) is 0 Å². The summed E-state index contributed by atoms with van der Waals surface area (Å²) in [6.45, 7) is 0.395. The summed E-state index contributed by atoms with van der Waals surface area (Å²) in [5.41, 5.74) is 13.6. The van der Waals surface area contributed by atoms with E-state index in [1.165, 1.54) is 0 Å². The van der Waals surface area contributed by atoms with Gasteiger partial charge in [0.05, 0.1) is 12.2 Å². The minimum atomic E-state index is -0.844. The molecule has 1 aliphatic heterocycles. The molecule has 5 nitrogen and oxygen atoms in total. The van der Waals surface area contributed by atoms with E-state index >= 15 is 0 Å². The Labute approximate surface area is 117 Å². The molecule has 1 aromatic carbocycles. The average molecular weight is 265 g/mol. The second kappa shape index (κ2) is 4.86. The van der Waals surface area contributed by atoms with Crippen molar-refractivity contribution in [2.75, 3.05) is 6.54 Å². The third kappa shape index (κ3) is 2.31. The topological polar surface area (TPSA) is 90.2 Å². The van der Waals surface area contributed by atoms with Crippen LogP contribution in [0.1, 0.15) is 5.82 Å². The van der Waals surface area contributed by atoms with Crippen LogP contribution in [0.4, 0.5) is 0 Å². The highest BCUT2D eigenvalue weighted by Crippen LogP contribution is 2.23. The maximum absolute atomic E-state index is 6.32. The monoisotopic (exact) mass is 265 g/mol. The summed E-state index contributed by atoms with van der Waals surface area (Å²) < 4.78 is 0. The van der Waals surface area contributed by atoms with Crippen LogP contribution in [-0.4, -0.2) is 22.7 Å². The first-order valence-corrected chi connectivity index (χ1v) is 6.33. The predicted molar refractivity (Wildman–Crippen MR) is 79.0 cm³/mol. The second-order valence-electron chi connectivity index (χ2n) is 4.79. The Bertz CT molecular complexity index is 678. The van der Waals surface area contributed by atoms with Crippen molar-refractivity contribution in [3.63, 3.8) is 0 Å². The number of nitrogens with two attached hydrogens (primary N) is 2. The van der Waals surface area contributed by atoms with Gasteiger partial charge in [0, 0.05) is 23.7 Å². The van der Waals surface area contributed by atoms with E-state index < -0.39 is 5.54 Å². The van der Waals surface area contributed by atoms with E-state index in [4.69, 9.17) is 11.5 Å². The summed E-state index contributed by atoms with van der Waals surface area (Å²) in [6.07, 6.45) is 5.07. The van der Waals surface area contributed by atoms with Crippen molar-refractivity contribution in [1.82, 2.24) is 9.97 Å². The maximum atomic E-state index is 6.32. The second-order valence-corrected chi connectivity index (χ2v) is 4.79. The van der Waals surface area contributed by atoms with Gasteiger partial charge in [0.15, 0.2) is 5.82 Å². The van der Waals surface area contributed by atoms with Gasteiger partial charge in [-0.05, 0) is 12.1 Å². The largest absolute Gasteiger partial charge is 0.398 e. The predicted octanol–water partition coefficient (Wildman–Crippen LogP) is 1.22. The number of benzene rings is 1. The molecule has 5 heteroatoms. The van der Waals surface area contributed by atoms with Gasteiger partial charge in [0.2, 0.25) is 0 Å². The number of hydrogen-bond donors (Lipinski definition) is 2. The zero-order valence-electron chi connectivity index (χ0n) is 10.9. The molecule has 2 heterocycles. The quantitative estimate of drug-likeness (QED) is 0.854. The zero-order chi connectivity index (χ0) is 14.0. The molecule has 4 N–H and O–H groups in total. The van der Waals surface area contributed by atoms with Crippen LogP contribution in [0.5, 0.6) is 0 Å². The van der Waals surface area contributed by atoms with Gasteiger partial charge in [-0.25, -0.2) is 9.97 Å². The fourth-order valence-corrected chi connectivity index (χ4v) is 2.17. The summed E-state index contributed by atoms with van der Waals surface area (Å²) in [4.78, 5) is 13.0. The van der Waals surface area contributed by atoms with Crippen LogP contribution in [0.15, 0.2) is 59.4 Å². The van der Waals surface area contributed by atoms with Crippen molar-refractivity contribution in [3.05, 3.63) is 60.2 Å². The van der Waals surface area contributed by atoms with Gasteiger partial charge >= 0.3 is 0 Å². The number of dihydropyridines is 1. The number of nitrogens with zero attached hydrogens (tertiary/aromatic N) is 3. The summed E-state index contributed by atoms with van der Waals surface area (Å²) in [5.74, 6) is 0.527. The molecule has 0 aliphatic carbocycles. The van der Waals surface area contributed by atoms with Crippen LogP contribution >= 0.6 is 0 Å². The molecule has 100 valence electrons. The van der Waals surface area contributed by atoms with Gasteiger partial charge in [-0.1, -0.05) is 30.3 Å². The molecule has 0 spiro atoms. The summed E-state index contributed by atoms with van der Waals surface area (Å²) in [7, 11) is 0. The van der Waals surface area contributed by atoms with E-state index in [-0.39, 0.29) is 0 Å². The summed E-state index contributed by atoms with van der Waals surface area (Å²) >= 11 is 0. The summed E-state index contributed by atoms with van der Waals surface area (Å²) in [6, 6.07) is 11.8. The fraction of sp³-hybridized carbons (Fsp3) is 0.133. The molecule has 20 heavy (non-hydrogen) atoms. The Morgan fingerprint density at radius 2 is 1.90 bits per heavy atom. The lowest BCUT2D eigenvalue weighted by molar-refractivity contribution is 0.530. The Morgan fingerprint density at radius 1 is 1.10 bits per heavy atom. The molecule has 0 fully saturated rings. The highest BCUT2D eigenvalue weighted by Gasteiger charge is 2.30. The number of aromatic nitrogens is 2. The third-order valence-corrected chi connectivity index (χ3v) is 3.16. The highest BCUT2D eigenvalue weighted by molar-refractivity contribution is 5.78. The molecular weight excluding hydrogens is 250 g/mol. The van der Waals surface area contributed by atoms with Gasteiger partial charge in [-0.3, -0.25) is 4.99 Å². The highest BCUT2D eigenvalue weighted by atomic mass is 15.0. The third-order valence-electron chi connectivity index (χ3n) is 3.16. The van der Waals surface area contributed by atoms with Gasteiger partial charge < -0.3 is 11.5 Å². The fourth-order valence-electron chi connectivity index (χ4n) is 2.17. The van der Waals surface area contributed by atoms with E-state index in [2.05, 4.69) is 15.0 Å². The maximum Gasteiger partial charge on any atom is 0.154 e. The first kappa shape index (κ1) is 12.5. The van der Waals surface area contributed by atoms with E-state index in [9.17, 15) is 0 Å². The molecule has 0 radical (unpaired) electrons. The number of allylic oxidation sites excluding steroid dienone is 1. The van der Waals surface area contributed by atoms with Crippen molar-refractivity contribution >= 4 is 6.21 Å². The van der Waals surface area contributed by atoms with Crippen LogP contribution in [0, 0.1) is 0 Å². The average Bonchev–Trinajstić information content (AvgIpc) is 2.48. The van der Waals surface area contributed by atoms with Crippen molar-refractivity contribution < 1.29 is 0 Å². The Kier molecular flexibility index (Phi) is 3.04. The van der Waals surface area contributed by atoms with E-state index in [1.807, 2.05) is 36.4 Å². The van der Waals surface area contributed by atoms with Crippen LogP contribution in [0.3, 0.4) is 0 Å². The van der Waals surface area contributed by atoms with Crippen LogP contribution in [0.25, 0.3) is 11.3 Å². The lowest BCUT2D eigenvalue weighted by atomic mass is 9.96. The minimum absolute atomic E-state index is 0.395. The molecule has 1 aromatic heterocycles. The minimum Gasteiger partial charge on any atom is -0.398 e. The Morgan fingerprint density at radius 3 is 2.65 bits per heavy atom. The van der Waals surface area contributed by atoms with Crippen LogP contribution in [-0.2, 0) is 5.54 Å². The van der Waals surface area contributed by atoms with Gasteiger partial charge in [0.1, 0.15) is 5.54 Å². The normalized spacial score (nSPS) is 21.6. The molecule has 1 unspecified atom stereocenters. The Balaban J connectivity index is 2.02. The number of rotatable bonds is 2. The molecule has 1 atom stereocenters. The Hall–Kier alpha value is -2.53. The first-order chi connectivity index (χ1) is 9.67. The van der Waals surface area contributed by atoms with Crippen molar-refractivity contribution in [1.29, 1.82) is 0 Å².